The van der Waals surface area contributed by atoms with Crippen LogP contribution in [-0.2, 0) is 19.1 Å². The van der Waals surface area contributed by atoms with E-state index in [1.54, 1.807) is 43.5 Å². The number of aryl methyl sites for hydroxylation is 2. The van der Waals surface area contributed by atoms with Crippen LogP contribution in [0.15, 0.2) is 65.1 Å². The van der Waals surface area contributed by atoms with E-state index >= 15 is 0 Å². The van der Waals surface area contributed by atoms with Crippen molar-refractivity contribution in [1.82, 2.24) is 0 Å². The van der Waals surface area contributed by atoms with Crippen LogP contribution in [0.4, 0.5) is 11.4 Å². The van der Waals surface area contributed by atoms with Crippen molar-refractivity contribution >= 4 is 45.1 Å². The number of para-hydroxylation sites is 2. The Bertz CT molecular complexity index is 1320. The van der Waals surface area contributed by atoms with Crippen LogP contribution < -0.4 is 19.7 Å². The summed E-state index contributed by atoms with van der Waals surface area (Å²) in [4.78, 5) is 39.1. The van der Waals surface area contributed by atoms with Gasteiger partial charge in [-0.3, -0.25) is 14.4 Å². The monoisotopic (exact) mass is 566 g/mol. The molecular formula is C28H27BrN2O6. The Kier molecular flexibility index (Phi) is 8.13. The zero-order valence-corrected chi connectivity index (χ0v) is 22.3. The molecular weight excluding hydrogens is 540 g/mol. The van der Waals surface area contributed by atoms with Gasteiger partial charge in [-0.25, -0.2) is 0 Å². The van der Waals surface area contributed by atoms with Gasteiger partial charge in [0, 0.05) is 28.8 Å². The number of carbonyl (C=O) groups is 3. The predicted molar refractivity (Wildman–Crippen MR) is 143 cm³/mol. The van der Waals surface area contributed by atoms with E-state index in [9.17, 15) is 14.4 Å². The van der Waals surface area contributed by atoms with E-state index in [0.29, 0.717) is 28.6 Å². The molecule has 2 amide bonds. The van der Waals surface area contributed by atoms with Crippen molar-refractivity contribution in [2.75, 3.05) is 30.5 Å². The van der Waals surface area contributed by atoms with Crippen molar-refractivity contribution in [2.45, 2.75) is 20.3 Å². The van der Waals surface area contributed by atoms with Crippen molar-refractivity contribution in [1.29, 1.82) is 0 Å². The Morgan fingerprint density at radius 2 is 1.73 bits per heavy atom. The van der Waals surface area contributed by atoms with E-state index in [0.717, 1.165) is 15.6 Å². The number of ether oxygens (including phenoxy) is 3. The Hall–Kier alpha value is -3.85. The summed E-state index contributed by atoms with van der Waals surface area (Å²) in [5.41, 5.74) is 3.16. The molecule has 1 aliphatic rings. The van der Waals surface area contributed by atoms with Gasteiger partial charge in [-0.1, -0.05) is 28.1 Å². The normalized spacial score (nSPS) is 14.9. The van der Waals surface area contributed by atoms with Crippen molar-refractivity contribution < 1.29 is 28.6 Å². The summed E-state index contributed by atoms with van der Waals surface area (Å²) in [6.45, 7) is 3.55. The highest BCUT2D eigenvalue weighted by Gasteiger charge is 2.36. The minimum atomic E-state index is -0.651. The number of anilines is 2. The fourth-order valence-electron chi connectivity index (χ4n) is 4.00. The van der Waals surface area contributed by atoms with Crippen LogP contribution in [0.5, 0.6) is 17.2 Å². The molecule has 0 spiro atoms. The Morgan fingerprint density at radius 1 is 1.03 bits per heavy atom. The molecule has 0 radical (unpaired) electrons. The van der Waals surface area contributed by atoms with Crippen LogP contribution in [0, 0.1) is 19.8 Å². The first kappa shape index (κ1) is 26.2. The second kappa shape index (κ2) is 11.5. The average molecular weight is 567 g/mol. The molecule has 1 saturated heterocycles. The highest BCUT2D eigenvalue weighted by molar-refractivity contribution is 9.10. The summed E-state index contributed by atoms with van der Waals surface area (Å²) >= 11 is 3.46. The quantitative estimate of drug-likeness (QED) is 0.367. The molecule has 1 fully saturated rings. The lowest BCUT2D eigenvalue weighted by Crippen LogP contribution is -2.28. The van der Waals surface area contributed by atoms with Gasteiger partial charge < -0.3 is 24.4 Å². The van der Waals surface area contributed by atoms with E-state index in [1.165, 1.54) is 4.90 Å². The molecule has 1 heterocycles. The van der Waals surface area contributed by atoms with Gasteiger partial charge in [0.1, 0.15) is 5.75 Å². The predicted octanol–water partition coefficient (Wildman–Crippen LogP) is 5.40. The third kappa shape index (κ3) is 6.29. The molecule has 3 aromatic carbocycles. The fraction of sp³-hybridized carbons (Fsp3) is 0.250. The number of halogens is 1. The second-order valence-corrected chi connectivity index (χ2v) is 9.58. The summed E-state index contributed by atoms with van der Waals surface area (Å²) in [6, 6.07) is 18.1. The van der Waals surface area contributed by atoms with E-state index < -0.39 is 24.4 Å². The van der Waals surface area contributed by atoms with E-state index in [-0.39, 0.29) is 18.9 Å². The molecule has 1 aliphatic heterocycles. The zero-order valence-electron chi connectivity index (χ0n) is 20.7. The Morgan fingerprint density at radius 3 is 2.43 bits per heavy atom. The second-order valence-electron chi connectivity index (χ2n) is 8.72. The van der Waals surface area contributed by atoms with Gasteiger partial charge in [0.2, 0.25) is 5.91 Å². The van der Waals surface area contributed by atoms with Gasteiger partial charge in [0.25, 0.3) is 5.91 Å². The number of hydrogen-bond acceptors (Lipinski definition) is 6. The molecule has 0 aromatic heterocycles. The highest BCUT2D eigenvalue weighted by atomic mass is 79.9. The van der Waals surface area contributed by atoms with Crippen LogP contribution in [0.1, 0.15) is 17.5 Å². The maximum absolute atomic E-state index is 12.6. The maximum atomic E-state index is 12.6. The van der Waals surface area contributed by atoms with E-state index in [4.69, 9.17) is 14.2 Å². The molecule has 37 heavy (non-hydrogen) atoms. The summed E-state index contributed by atoms with van der Waals surface area (Å²) in [7, 11) is 1.57. The lowest BCUT2D eigenvalue weighted by atomic mass is 10.1. The van der Waals surface area contributed by atoms with Gasteiger partial charge >= 0.3 is 5.97 Å². The number of nitrogens with one attached hydrogen (secondary N) is 1. The van der Waals surface area contributed by atoms with E-state index in [1.807, 2.05) is 38.1 Å². The van der Waals surface area contributed by atoms with Gasteiger partial charge in [-0.05, 0) is 73.5 Å². The van der Waals surface area contributed by atoms with Crippen molar-refractivity contribution in [3.8, 4) is 17.2 Å². The average Bonchev–Trinajstić information content (AvgIpc) is 3.28. The maximum Gasteiger partial charge on any atom is 0.311 e. The van der Waals surface area contributed by atoms with Gasteiger partial charge in [-0.15, -0.1) is 0 Å². The molecule has 0 saturated carbocycles. The molecule has 1 atom stereocenters. The first-order valence-corrected chi connectivity index (χ1v) is 12.5. The molecule has 0 aliphatic carbocycles. The number of carbonyl (C=O) groups excluding carboxylic acids is 3. The van der Waals surface area contributed by atoms with Gasteiger partial charge in [0.05, 0.1) is 13.0 Å². The minimum absolute atomic E-state index is 0.0188. The number of benzene rings is 3. The summed E-state index contributed by atoms with van der Waals surface area (Å²) in [5.74, 6) is -0.0909. The minimum Gasteiger partial charge on any atom is -0.493 e. The van der Waals surface area contributed by atoms with Gasteiger partial charge in [-0.2, -0.15) is 0 Å². The molecule has 192 valence electrons. The molecule has 3 aromatic rings. The molecule has 0 bridgehead atoms. The Balaban J connectivity index is 1.31. The number of hydrogen-bond donors (Lipinski definition) is 1. The molecule has 1 N–H and O–H groups in total. The lowest BCUT2D eigenvalue weighted by Gasteiger charge is -2.17. The Labute approximate surface area is 223 Å². The van der Waals surface area contributed by atoms with Crippen LogP contribution >= 0.6 is 15.9 Å². The van der Waals surface area contributed by atoms with Crippen LogP contribution in [0.3, 0.4) is 0 Å². The summed E-state index contributed by atoms with van der Waals surface area (Å²) in [5, 5.41) is 2.76. The first-order valence-electron chi connectivity index (χ1n) is 11.7. The topological polar surface area (TPSA) is 94.2 Å². The molecule has 0 unspecified atom stereocenters. The smallest absolute Gasteiger partial charge is 0.311 e. The van der Waals surface area contributed by atoms with Crippen LogP contribution in [-0.4, -0.2) is 38.0 Å². The number of amides is 2. The SMILES string of the molecule is COc1ccccc1Oc1ccc(N2C[C@@H](C(=O)OCC(=O)Nc3cc(C)c(Br)cc3C)CC2=O)cc1. The number of methoxy groups -OCH3 is 1. The molecule has 4 rings (SSSR count). The third-order valence-electron chi connectivity index (χ3n) is 6.03. The van der Waals surface area contributed by atoms with E-state index in [2.05, 4.69) is 21.2 Å². The highest BCUT2D eigenvalue weighted by Crippen LogP contribution is 2.33. The summed E-state index contributed by atoms with van der Waals surface area (Å²) < 4.78 is 17.3. The zero-order chi connectivity index (χ0) is 26.5. The largest absolute Gasteiger partial charge is 0.493 e. The number of esters is 1. The number of rotatable bonds is 8. The van der Waals surface area contributed by atoms with Crippen molar-refractivity contribution in [3.63, 3.8) is 0 Å². The fourth-order valence-corrected chi connectivity index (χ4v) is 4.45. The van der Waals surface area contributed by atoms with Crippen molar-refractivity contribution in [2.24, 2.45) is 5.92 Å². The molecule has 9 heteroatoms. The molecule has 8 nitrogen and oxygen atoms in total. The third-order valence-corrected chi connectivity index (χ3v) is 6.88. The van der Waals surface area contributed by atoms with Crippen molar-refractivity contribution in [3.05, 3.63) is 76.3 Å². The summed E-state index contributed by atoms with van der Waals surface area (Å²) in [6.07, 6.45) is 0.0188. The number of nitrogens with zero attached hydrogens (tertiary/aromatic N) is 1. The first-order chi connectivity index (χ1) is 17.7. The van der Waals surface area contributed by atoms with Crippen LogP contribution in [0.25, 0.3) is 0 Å². The standard InChI is InChI=1S/C28H27BrN2O6/c1-17-13-23(18(2)12-22(17)29)30-26(32)16-36-28(34)19-14-27(33)31(15-19)20-8-10-21(11-9-20)37-25-7-5-4-6-24(25)35-3/h4-13,19H,14-16H2,1-3H3,(H,30,32)/t19-/m0/s1. The van der Waals surface area contributed by atoms with Gasteiger partial charge in [0.15, 0.2) is 18.1 Å². The van der Waals surface area contributed by atoms with Crippen LogP contribution in [0.2, 0.25) is 0 Å². The lowest BCUT2D eigenvalue weighted by molar-refractivity contribution is -0.151.